The van der Waals surface area contributed by atoms with Crippen LogP contribution in [-0.2, 0) is 19.1 Å². The molecule has 0 bridgehead atoms. The zero-order chi connectivity index (χ0) is 31.7. The molecule has 0 spiro atoms. The highest BCUT2D eigenvalue weighted by Gasteiger charge is 2.46. The van der Waals surface area contributed by atoms with Gasteiger partial charge in [-0.1, -0.05) is 34.4 Å². The van der Waals surface area contributed by atoms with Crippen LogP contribution in [0.5, 0.6) is 0 Å². The highest BCUT2D eigenvalue weighted by Crippen LogP contribution is 2.39. The summed E-state index contributed by atoms with van der Waals surface area (Å²) < 4.78 is 58.9. The number of hydrogen-bond acceptors (Lipinski definition) is 7. The van der Waals surface area contributed by atoms with Crippen LogP contribution in [0, 0.1) is 11.6 Å². The van der Waals surface area contributed by atoms with E-state index in [-0.39, 0.29) is 33.6 Å². The van der Waals surface area contributed by atoms with E-state index in [0.717, 1.165) is 18.4 Å². The number of aromatic nitrogens is 1. The summed E-state index contributed by atoms with van der Waals surface area (Å²) in [6.07, 6.45) is 2.95. The molecule has 0 unspecified atom stereocenters. The molecule has 3 aromatic rings. The third-order valence-corrected chi connectivity index (χ3v) is 8.57. The van der Waals surface area contributed by atoms with Crippen molar-refractivity contribution in [3.05, 3.63) is 97.9 Å². The van der Waals surface area contributed by atoms with E-state index in [1.807, 2.05) is 27.7 Å². The summed E-state index contributed by atoms with van der Waals surface area (Å²) in [7, 11) is -3.61. The molecular weight excluding hydrogens is 623 g/mol. The first kappa shape index (κ1) is 33.1. The van der Waals surface area contributed by atoms with Gasteiger partial charge in [-0.05, 0) is 70.9 Å². The van der Waals surface area contributed by atoms with Crippen LogP contribution in [0.2, 0.25) is 10.0 Å². The van der Waals surface area contributed by atoms with E-state index in [4.69, 9.17) is 32.2 Å². The lowest BCUT2D eigenvalue weighted by atomic mass is 9.78. The average Bonchev–Trinajstić information content (AvgIpc) is 2.85. The molecule has 0 saturated carbocycles. The van der Waals surface area contributed by atoms with Gasteiger partial charge in [-0.2, -0.15) is 8.42 Å². The lowest BCUT2D eigenvalue weighted by Crippen LogP contribution is -2.62. The summed E-state index contributed by atoms with van der Waals surface area (Å²) in [5.74, 6) is -1.63. The van der Waals surface area contributed by atoms with Crippen LogP contribution in [0.25, 0.3) is 5.69 Å². The molecule has 0 aliphatic carbocycles. The minimum atomic E-state index is -3.61. The van der Waals surface area contributed by atoms with E-state index in [2.05, 4.69) is 10.1 Å². The van der Waals surface area contributed by atoms with Crippen molar-refractivity contribution < 1.29 is 26.2 Å². The van der Waals surface area contributed by atoms with Crippen LogP contribution in [0.15, 0.2) is 64.7 Å². The molecule has 43 heavy (non-hydrogen) atoms. The number of rotatable bonds is 9. The van der Waals surface area contributed by atoms with Gasteiger partial charge in [0.15, 0.2) is 0 Å². The van der Waals surface area contributed by atoms with E-state index in [9.17, 15) is 17.6 Å². The van der Waals surface area contributed by atoms with Crippen LogP contribution in [0.4, 0.5) is 8.78 Å². The molecule has 232 valence electrons. The van der Waals surface area contributed by atoms with Gasteiger partial charge in [0, 0.05) is 47.1 Å². The van der Waals surface area contributed by atoms with Crippen molar-refractivity contribution in [1.82, 2.24) is 9.47 Å². The fraction of sp³-hybridized carbons (Fsp3) is 0.400. The zero-order valence-electron chi connectivity index (χ0n) is 24.4. The Labute approximate surface area is 259 Å². The summed E-state index contributed by atoms with van der Waals surface area (Å²) in [6, 6.07) is 10.6. The Balaban J connectivity index is 1.65. The summed E-state index contributed by atoms with van der Waals surface area (Å²) in [6.45, 7) is 8.49. The standard InChI is InChI=1S/C30H33Cl2F2N3O5S/c1-29(2)16-21(42-43(5,39)40)17-30(3,4)37(29)13-14-41-35-27(22-11-10-20(33)15-25(22)34)19-9-12-26(38)36(18-19)28-23(31)7-6-8-24(28)32/h6-12,15,18,21H,13-14,16-17H2,1-5H3. The molecular formula is C30H33Cl2F2N3O5S. The summed E-state index contributed by atoms with van der Waals surface area (Å²) in [5, 5.41) is 4.70. The Morgan fingerprint density at radius 3 is 2.23 bits per heavy atom. The monoisotopic (exact) mass is 655 g/mol. The topological polar surface area (TPSA) is 90.2 Å². The van der Waals surface area contributed by atoms with Crippen LogP contribution < -0.4 is 5.56 Å². The third-order valence-electron chi connectivity index (χ3n) is 7.34. The number of benzene rings is 2. The van der Waals surface area contributed by atoms with Crippen LogP contribution in [0.3, 0.4) is 0 Å². The van der Waals surface area contributed by atoms with Gasteiger partial charge in [0.05, 0.1) is 28.1 Å². The predicted octanol–water partition coefficient (Wildman–Crippen LogP) is 6.19. The van der Waals surface area contributed by atoms with Gasteiger partial charge >= 0.3 is 0 Å². The molecule has 0 atom stereocenters. The minimum absolute atomic E-state index is 0.0215. The van der Waals surface area contributed by atoms with Crippen molar-refractivity contribution in [2.24, 2.45) is 5.16 Å². The molecule has 4 rings (SSSR count). The molecule has 1 aliphatic heterocycles. The Kier molecular flexibility index (Phi) is 9.73. The van der Waals surface area contributed by atoms with E-state index >= 15 is 4.39 Å². The van der Waals surface area contributed by atoms with Gasteiger partial charge in [0.1, 0.15) is 24.0 Å². The number of piperidine rings is 1. The number of halogens is 4. The average molecular weight is 657 g/mol. The molecule has 1 aliphatic rings. The highest BCUT2D eigenvalue weighted by atomic mass is 35.5. The quantitative estimate of drug-likeness (QED) is 0.118. The van der Waals surface area contributed by atoms with Gasteiger partial charge in [0.25, 0.3) is 15.7 Å². The highest BCUT2D eigenvalue weighted by molar-refractivity contribution is 7.86. The van der Waals surface area contributed by atoms with Gasteiger partial charge in [-0.15, -0.1) is 0 Å². The second kappa shape index (κ2) is 12.6. The normalized spacial score (nSPS) is 17.7. The number of hydrogen-bond donors (Lipinski definition) is 0. The van der Waals surface area contributed by atoms with E-state index in [1.54, 1.807) is 18.2 Å². The Morgan fingerprint density at radius 1 is 1.02 bits per heavy atom. The van der Waals surface area contributed by atoms with E-state index in [0.29, 0.717) is 24.9 Å². The zero-order valence-corrected chi connectivity index (χ0v) is 26.7. The molecule has 2 heterocycles. The summed E-state index contributed by atoms with van der Waals surface area (Å²) >= 11 is 12.7. The first-order valence-electron chi connectivity index (χ1n) is 13.5. The second-order valence-electron chi connectivity index (χ2n) is 11.7. The predicted molar refractivity (Wildman–Crippen MR) is 164 cm³/mol. The number of nitrogens with zero attached hydrogens (tertiary/aromatic N) is 3. The van der Waals surface area contributed by atoms with Crippen LogP contribution in [-0.4, -0.2) is 60.2 Å². The van der Waals surface area contributed by atoms with Gasteiger partial charge < -0.3 is 4.84 Å². The molecule has 8 nitrogen and oxygen atoms in total. The molecule has 0 amide bonds. The lowest BCUT2D eigenvalue weighted by Gasteiger charge is -2.54. The van der Waals surface area contributed by atoms with Crippen molar-refractivity contribution in [2.75, 3.05) is 19.4 Å². The second-order valence-corrected chi connectivity index (χ2v) is 14.1. The number of pyridine rings is 1. The lowest BCUT2D eigenvalue weighted by molar-refractivity contribution is -0.0818. The minimum Gasteiger partial charge on any atom is -0.394 e. The Morgan fingerprint density at radius 2 is 1.65 bits per heavy atom. The third kappa shape index (κ3) is 7.82. The summed E-state index contributed by atoms with van der Waals surface area (Å²) in [4.78, 5) is 20.7. The largest absolute Gasteiger partial charge is 0.394 e. The number of likely N-dealkylation sites (tertiary alicyclic amines) is 1. The first-order valence-corrected chi connectivity index (χ1v) is 16.0. The fourth-order valence-corrected chi connectivity index (χ4v) is 7.06. The van der Waals surface area contributed by atoms with Crippen molar-refractivity contribution in [3.63, 3.8) is 0 Å². The maximum Gasteiger partial charge on any atom is 0.264 e. The van der Waals surface area contributed by atoms with E-state index < -0.39 is 44.5 Å². The maximum atomic E-state index is 15.0. The van der Waals surface area contributed by atoms with E-state index in [1.165, 1.54) is 29.0 Å². The molecule has 1 fully saturated rings. The SMILES string of the molecule is CC1(C)CC(OS(C)(=O)=O)CC(C)(C)N1CCON=C(c1ccc(=O)n(-c2c(Cl)cccc2Cl)c1)c1ccc(F)cc1F. The Hall–Kier alpha value is -2.83. The maximum absolute atomic E-state index is 15.0. The van der Waals surface area contributed by atoms with Crippen molar-refractivity contribution >= 4 is 39.0 Å². The molecule has 1 saturated heterocycles. The molecule has 0 radical (unpaired) electrons. The van der Waals surface area contributed by atoms with Gasteiger partial charge in [-0.3, -0.25) is 18.4 Å². The fourth-order valence-electron chi connectivity index (χ4n) is 5.85. The summed E-state index contributed by atoms with van der Waals surface area (Å²) in [5.41, 5.74) is -0.818. The van der Waals surface area contributed by atoms with Crippen molar-refractivity contribution in [2.45, 2.75) is 57.7 Å². The number of para-hydroxylation sites is 1. The smallest absolute Gasteiger partial charge is 0.264 e. The molecule has 13 heteroatoms. The van der Waals surface area contributed by atoms with Crippen LogP contribution in [0.1, 0.15) is 51.7 Å². The van der Waals surface area contributed by atoms with Crippen molar-refractivity contribution in [1.29, 1.82) is 0 Å². The Bertz CT molecular complexity index is 1670. The molecule has 1 aromatic heterocycles. The van der Waals surface area contributed by atoms with Gasteiger partial charge in [-0.25, -0.2) is 8.78 Å². The first-order chi connectivity index (χ1) is 20.0. The molecule has 0 N–H and O–H groups in total. The number of oxime groups is 1. The van der Waals surface area contributed by atoms with Crippen molar-refractivity contribution in [3.8, 4) is 5.69 Å². The molecule has 2 aromatic carbocycles. The van der Waals surface area contributed by atoms with Crippen LogP contribution >= 0.6 is 23.2 Å². The van der Waals surface area contributed by atoms with Gasteiger partial charge in [0.2, 0.25) is 0 Å².